The average molecular weight is 211 g/mol. The summed E-state index contributed by atoms with van der Waals surface area (Å²) < 4.78 is 0. The van der Waals surface area contributed by atoms with Crippen molar-refractivity contribution in [1.29, 1.82) is 0 Å². The molecule has 14 heavy (non-hydrogen) atoms. The Morgan fingerprint density at radius 3 is 3.00 bits per heavy atom. The quantitative estimate of drug-likeness (QED) is 0.810. The summed E-state index contributed by atoms with van der Waals surface area (Å²) in [6.45, 7) is 2.28. The molecule has 1 aliphatic carbocycles. The highest BCUT2D eigenvalue weighted by Gasteiger charge is 2.23. The minimum atomic E-state index is 0.544. The fraction of sp³-hybridized carbons (Fsp3) is 0.545. The zero-order chi connectivity index (χ0) is 9.97. The van der Waals surface area contributed by atoms with Crippen molar-refractivity contribution in [1.82, 2.24) is 4.98 Å². The molecule has 0 bridgehead atoms. The van der Waals surface area contributed by atoms with Gasteiger partial charge in [0.2, 0.25) is 0 Å². The number of aromatic nitrogens is 1. The first-order chi connectivity index (χ1) is 6.77. The highest BCUT2D eigenvalue weighted by molar-refractivity contribution is 6.32. The van der Waals surface area contributed by atoms with Crippen molar-refractivity contribution >= 4 is 17.4 Å². The van der Waals surface area contributed by atoms with Crippen LogP contribution in [-0.4, -0.2) is 11.0 Å². The summed E-state index contributed by atoms with van der Waals surface area (Å²) in [5.74, 6) is 1.56. The monoisotopic (exact) mass is 210 g/mol. The van der Waals surface area contributed by atoms with E-state index in [0.717, 1.165) is 11.7 Å². The van der Waals surface area contributed by atoms with E-state index in [1.165, 1.54) is 19.3 Å². The van der Waals surface area contributed by atoms with E-state index in [1.807, 2.05) is 12.1 Å². The van der Waals surface area contributed by atoms with Gasteiger partial charge in [0.05, 0.1) is 5.02 Å². The first kappa shape index (κ1) is 9.78. The van der Waals surface area contributed by atoms with Gasteiger partial charge in [-0.25, -0.2) is 4.98 Å². The van der Waals surface area contributed by atoms with Gasteiger partial charge in [-0.05, 0) is 30.9 Å². The number of anilines is 1. The predicted molar refractivity (Wildman–Crippen MR) is 59.7 cm³/mol. The molecular weight excluding hydrogens is 196 g/mol. The maximum Gasteiger partial charge on any atom is 0.144 e. The van der Waals surface area contributed by atoms with Crippen molar-refractivity contribution in [3.63, 3.8) is 0 Å². The summed E-state index contributed by atoms with van der Waals surface area (Å²) in [5, 5.41) is 4.13. The molecule has 1 heterocycles. The molecule has 2 unspecified atom stereocenters. The Morgan fingerprint density at radius 2 is 2.36 bits per heavy atom. The molecule has 0 spiro atoms. The Morgan fingerprint density at radius 1 is 1.50 bits per heavy atom. The molecule has 1 aliphatic rings. The first-order valence-electron chi connectivity index (χ1n) is 5.14. The molecule has 2 atom stereocenters. The van der Waals surface area contributed by atoms with Crippen molar-refractivity contribution < 1.29 is 0 Å². The van der Waals surface area contributed by atoms with Gasteiger partial charge in [0.15, 0.2) is 0 Å². The molecule has 0 aromatic carbocycles. The summed E-state index contributed by atoms with van der Waals surface area (Å²) in [4.78, 5) is 4.23. The van der Waals surface area contributed by atoms with Gasteiger partial charge in [-0.15, -0.1) is 0 Å². The molecule has 2 rings (SSSR count). The lowest BCUT2D eigenvalue weighted by molar-refractivity contribution is 0.555. The standard InChI is InChI=1S/C11H15ClN2/c1-8-4-2-6-10(8)14-11-9(12)5-3-7-13-11/h3,5,7-8,10H,2,4,6H2,1H3,(H,13,14). The second kappa shape index (κ2) is 4.18. The van der Waals surface area contributed by atoms with E-state index in [-0.39, 0.29) is 0 Å². The van der Waals surface area contributed by atoms with Crippen LogP contribution < -0.4 is 5.32 Å². The van der Waals surface area contributed by atoms with Crippen LogP contribution in [0.2, 0.25) is 5.02 Å². The van der Waals surface area contributed by atoms with Crippen LogP contribution in [0.15, 0.2) is 18.3 Å². The van der Waals surface area contributed by atoms with E-state index < -0.39 is 0 Å². The van der Waals surface area contributed by atoms with Gasteiger partial charge < -0.3 is 5.32 Å². The SMILES string of the molecule is CC1CCCC1Nc1ncccc1Cl. The topological polar surface area (TPSA) is 24.9 Å². The molecule has 0 radical (unpaired) electrons. The molecule has 76 valence electrons. The van der Waals surface area contributed by atoms with Gasteiger partial charge in [-0.2, -0.15) is 0 Å². The van der Waals surface area contributed by atoms with E-state index >= 15 is 0 Å². The molecule has 0 saturated heterocycles. The zero-order valence-electron chi connectivity index (χ0n) is 8.33. The third kappa shape index (κ3) is 2.01. The number of nitrogens with zero attached hydrogens (tertiary/aromatic N) is 1. The molecular formula is C11H15ClN2. The second-order valence-corrected chi connectivity index (χ2v) is 4.40. The lowest BCUT2D eigenvalue weighted by atomic mass is 10.1. The van der Waals surface area contributed by atoms with Crippen LogP contribution in [0, 0.1) is 5.92 Å². The van der Waals surface area contributed by atoms with E-state index in [2.05, 4.69) is 17.2 Å². The number of rotatable bonds is 2. The predicted octanol–water partition coefficient (Wildman–Crippen LogP) is 3.34. The van der Waals surface area contributed by atoms with E-state index in [9.17, 15) is 0 Å². The van der Waals surface area contributed by atoms with Crippen LogP contribution >= 0.6 is 11.6 Å². The number of hydrogen-bond acceptors (Lipinski definition) is 2. The van der Waals surface area contributed by atoms with Gasteiger partial charge in [-0.3, -0.25) is 0 Å². The lowest BCUT2D eigenvalue weighted by Crippen LogP contribution is -2.22. The summed E-state index contributed by atoms with van der Waals surface area (Å²) in [7, 11) is 0. The largest absolute Gasteiger partial charge is 0.366 e. The number of halogens is 1. The first-order valence-corrected chi connectivity index (χ1v) is 5.52. The highest BCUT2D eigenvalue weighted by atomic mass is 35.5. The molecule has 1 fully saturated rings. The summed E-state index contributed by atoms with van der Waals surface area (Å²) in [6.07, 6.45) is 5.62. The fourth-order valence-electron chi connectivity index (χ4n) is 2.03. The minimum Gasteiger partial charge on any atom is -0.366 e. The average Bonchev–Trinajstić information content (AvgIpc) is 2.56. The van der Waals surface area contributed by atoms with Crippen molar-refractivity contribution in [3.8, 4) is 0 Å². The van der Waals surface area contributed by atoms with Gasteiger partial charge in [-0.1, -0.05) is 24.9 Å². The van der Waals surface area contributed by atoms with E-state index in [1.54, 1.807) is 6.20 Å². The van der Waals surface area contributed by atoms with Crippen LogP contribution in [0.1, 0.15) is 26.2 Å². The van der Waals surface area contributed by atoms with Crippen LogP contribution in [0.5, 0.6) is 0 Å². The Bertz CT molecular complexity index is 314. The Hall–Kier alpha value is -0.760. The van der Waals surface area contributed by atoms with Crippen molar-refractivity contribution in [2.45, 2.75) is 32.2 Å². The van der Waals surface area contributed by atoms with Gasteiger partial charge in [0.1, 0.15) is 5.82 Å². The minimum absolute atomic E-state index is 0.544. The van der Waals surface area contributed by atoms with E-state index in [4.69, 9.17) is 11.6 Å². The molecule has 3 heteroatoms. The molecule has 0 amide bonds. The van der Waals surface area contributed by atoms with Gasteiger partial charge in [0, 0.05) is 12.2 Å². The normalized spacial score (nSPS) is 26.4. The number of hydrogen-bond donors (Lipinski definition) is 1. The van der Waals surface area contributed by atoms with E-state index in [0.29, 0.717) is 11.1 Å². The van der Waals surface area contributed by atoms with Crippen LogP contribution in [0.3, 0.4) is 0 Å². The molecule has 1 N–H and O–H groups in total. The van der Waals surface area contributed by atoms with Gasteiger partial charge >= 0.3 is 0 Å². The maximum atomic E-state index is 6.03. The maximum absolute atomic E-state index is 6.03. The highest BCUT2D eigenvalue weighted by Crippen LogP contribution is 2.29. The van der Waals surface area contributed by atoms with Crippen LogP contribution in [0.4, 0.5) is 5.82 Å². The summed E-state index contributed by atoms with van der Waals surface area (Å²) >= 11 is 6.03. The molecule has 0 aliphatic heterocycles. The number of nitrogens with one attached hydrogen (secondary N) is 1. The third-order valence-electron chi connectivity index (χ3n) is 2.94. The Kier molecular flexibility index (Phi) is 2.92. The summed E-state index contributed by atoms with van der Waals surface area (Å²) in [5.41, 5.74) is 0. The fourth-order valence-corrected chi connectivity index (χ4v) is 2.20. The second-order valence-electron chi connectivity index (χ2n) is 3.99. The van der Waals surface area contributed by atoms with Crippen LogP contribution in [-0.2, 0) is 0 Å². The third-order valence-corrected chi connectivity index (χ3v) is 3.25. The molecule has 1 aromatic heterocycles. The summed E-state index contributed by atoms with van der Waals surface area (Å²) in [6, 6.07) is 4.27. The van der Waals surface area contributed by atoms with Crippen LogP contribution in [0.25, 0.3) is 0 Å². The number of pyridine rings is 1. The van der Waals surface area contributed by atoms with Gasteiger partial charge in [0.25, 0.3) is 0 Å². The van der Waals surface area contributed by atoms with Crippen molar-refractivity contribution in [2.75, 3.05) is 5.32 Å². The van der Waals surface area contributed by atoms with Crippen molar-refractivity contribution in [3.05, 3.63) is 23.4 Å². The molecule has 1 saturated carbocycles. The smallest absolute Gasteiger partial charge is 0.144 e. The lowest BCUT2D eigenvalue weighted by Gasteiger charge is -2.18. The molecule has 2 nitrogen and oxygen atoms in total. The molecule has 1 aromatic rings. The zero-order valence-corrected chi connectivity index (χ0v) is 9.09. The Labute approximate surface area is 89.7 Å². The Balaban J connectivity index is 2.07. The van der Waals surface area contributed by atoms with Crippen molar-refractivity contribution in [2.24, 2.45) is 5.92 Å².